The van der Waals surface area contributed by atoms with Crippen molar-refractivity contribution in [2.45, 2.75) is 45.7 Å². The topological polar surface area (TPSA) is 67.9 Å². The zero-order valence-electron chi connectivity index (χ0n) is 18.0. The largest absolute Gasteiger partial charge is 0.369 e. The second-order valence-corrected chi connectivity index (χ2v) is 8.37. The Balaban J connectivity index is 1.39. The van der Waals surface area contributed by atoms with Gasteiger partial charge in [-0.1, -0.05) is 0 Å². The molecule has 1 saturated carbocycles. The van der Waals surface area contributed by atoms with Crippen molar-refractivity contribution in [3.63, 3.8) is 0 Å². The molecule has 2 fully saturated rings. The van der Waals surface area contributed by atoms with E-state index in [-0.39, 0.29) is 11.8 Å². The molecule has 0 spiro atoms. The van der Waals surface area contributed by atoms with E-state index >= 15 is 0 Å². The summed E-state index contributed by atoms with van der Waals surface area (Å²) in [6.07, 6.45) is 2.23. The highest BCUT2D eigenvalue weighted by Gasteiger charge is 2.25. The fraction of sp³-hybridized carbons (Fsp3) is 0.636. The van der Waals surface area contributed by atoms with Crippen molar-refractivity contribution in [1.29, 1.82) is 0 Å². The molecule has 0 radical (unpaired) electrons. The van der Waals surface area contributed by atoms with E-state index in [0.29, 0.717) is 25.2 Å². The Bertz CT molecular complexity index is 679. The highest BCUT2D eigenvalue weighted by Crippen LogP contribution is 2.20. The van der Waals surface area contributed by atoms with Crippen molar-refractivity contribution in [1.82, 2.24) is 15.1 Å². The van der Waals surface area contributed by atoms with E-state index in [1.807, 2.05) is 12.1 Å². The Morgan fingerprint density at radius 1 is 1.00 bits per heavy atom. The molecule has 1 aliphatic carbocycles. The lowest BCUT2D eigenvalue weighted by atomic mass is 10.2. The number of nitrogens with zero attached hydrogens (tertiary/aromatic N) is 3. The minimum absolute atomic E-state index is 0.00823. The number of carbonyl (C=O) groups excluding carboxylic acids is 2. The van der Waals surface area contributed by atoms with Gasteiger partial charge < -0.3 is 15.5 Å². The molecule has 7 nitrogen and oxygen atoms in total. The lowest BCUT2D eigenvalue weighted by molar-refractivity contribution is -0.123. The Morgan fingerprint density at radius 2 is 1.55 bits per heavy atom. The van der Waals surface area contributed by atoms with E-state index in [1.54, 1.807) is 0 Å². The molecule has 0 unspecified atom stereocenters. The smallest absolute Gasteiger partial charge is 0.238 e. The second-order valence-electron chi connectivity index (χ2n) is 8.37. The van der Waals surface area contributed by atoms with Gasteiger partial charge in [0.2, 0.25) is 11.8 Å². The van der Waals surface area contributed by atoms with Crippen molar-refractivity contribution in [3.8, 4) is 0 Å². The van der Waals surface area contributed by atoms with E-state index in [4.69, 9.17) is 0 Å². The number of nitrogens with one attached hydrogen (secondary N) is 2. The average Bonchev–Trinajstić information content (AvgIpc) is 3.49. The number of hydrogen-bond acceptors (Lipinski definition) is 5. The van der Waals surface area contributed by atoms with Gasteiger partial charge >= 0.3 is 0 Å². The van der Waals surface area contributed by atoms with Crippen LogP contribution in [0, 0.1) is 0 Å². The number of rotatable bonds is 9. The maximum absolute atomic E-state index is 12.4. The van der Waals surface area contributed by atoms with Crippen molar-refractivity contribution in [2.24, 2.45) is 0 Å². The van der Waals surface area contributed by atoms with Gasteiger partial charge in [0.1, 0.15) is 0 Å². The summed E-state index contributed by atoms with van der Waals surface area (Å²) in [6, 6.07) is 8.91. The van der Waals surface area contributed by atoms with Crippen molar-refractivity contribution < 1.29 is 9.59 Å². The van der Waals surface area contributed by atoms with Crippen LogP contribution in [0.4, 0.5) is 11.4 Å². The normalized spacial score (nSPS) is 17.9. The molecule has 1 saturated heterocycles. The molecule has 2 aliphatic rings. The molecule has 1 aliphatic heterocycles. The monoisotopic (exact) mass is 401 g/mol. The fourth-order valence-electron chi connectivity index (χ4n) is 3.80. The number of benzene rings is 1. The van der Waals surface area contributed by atoms with Gasteiger partial charge in [-0.2, -0.15) is 0 Å². The number of piperazine rings is 1. The van der Waals surface area contributed by atoms with Crippen LogP contribution in [0.1, 0.15) is 33.6 Å². The minimum Gasteiger partial charge on any atom is -0.369 e. The zero-order valence-corrected chi connectivity index (χ0v) is 18.0. The average molecular weight is 402 g/mol. The zero-order chi connectivity index (χ0) is 20.8. The number of anilines is 2. The molecule has 2 amide bonds. The van der Waals surface area contributed by atoms with Crippen molar-refractivity contribution in [3.05, 3.63) is 24.3 Å². The molecule has 2 N–H and O–H groups in total. The van der Waals surface area contributed by atoms with Gasteiger partial charge in [0, 0.05) is 56.2 Å². The van der Waals surface area contributed by atoms with Crippen LogP contribution in [0.2, 0.25) is 0 Å². The van der Waals surface area contributed by atoms with Crippen molar-refractivity contribution >= 4 is 23.2 Å². The third kappa shape index (κ3) is 6.72. The Labute approximate surface area is 174 Å². The molecule has 29 heavy (non-hydrogen) atoms. The van der Waals surface area contributed by atoms with Gasteiger partial charge in [-0.05, 0) is 57.9 Å². The number of amides is 2. The number of hydrogen-bond donors (Lipinski definition) is 2. The van der Waals surface area contributed by atoms with Crippen molar-refractivity contribution in [2.75, 3.05) is 56.0 Å². The molecule has 1 aromatic carbocycles. The summed E-state index contributed by atoms with van der Waals surface area (Å²) in [5.74, 6) is 0.134. The van der Waals surface area contributed by atoms with Crippen LogP contribution in [-0.4, -0.2) is 79.5 Å². The summed E-state index contributed by atoms with van der Waals surface area (Å²) in [5, 5.41) is 6.03. The fourth-order valence-corrected chi connectivity index (χ4v) is 3.80. The van der Waals surface area contributed by atoms with Gasteiger partial charge in [-0.15, -0.1) is 0 Å². The van der Waals surface area contributed by atoms with Gasteiger partial charge in [0.15, 0.2) is 0 Å². The third-order valence-electron chi connectivity index (χ3n) is 5.59. The van der Waals surface area contributed by atoms with Gasteiger partial charge in [-0.25, -0.2) is 0 Å². The van der Waals surface area contributed by atoms with Crippen LogP contribution in [0.25, 0.3) is 0 Å². The maximum Gasteiger partial charge on any atom is 0.238 e. The van der Waals surface area contributed by atoms with E-state index in [9.17, 15) is 9.59 Å². The summed E-state index contributed by atoms with van der Waals surface area (Å²) in [4.78, 5) is 31.0. The molecule has 1 heterocycles. The van der Waals surface area contributed by atoms with Crippen LogP contribution < -0.4 is 15.5 Å². The van der Waals surface area contributed by atoms with Crippen LogP contribution >= 0.6 is 0 Å². The summed E-state index contributed by atoms with van der Waals surface area (Å²) in [6.45, 7) is 11.6. The first-order valence-electron chi connectivity index (χ1n) is 10.8. The van der Waals surface area contributed by atoms with Gasteiger partial charge in [0.05, 0.1) is 13.1 Å². The molecular weight excluding hydrogens is 366 g/mol. The van der Waals surface area contributed by atoms with Crippen LogP contribution in [0.15, 0.2) is 24.3 Å². The highest BCUT2D eigenvalue weighted by molar-refractivity contribution is 5.92. The van der Waals surface area contributed by atoms with E-state index in [1.165, 1.54) is 5.69 Å². The highest BCUT2D eigenvalue weighted by atomic mass is 16.2. The molecule has 1 aromatic rings. The minimum atomic E-state index is 0.00823. The third-order valence-corrected chi connectivity index (χ3v) is 5.59. The van der Waals surface area contributed by atoms with E-state index in [0.717, 1.165) is 51.3 Å². The second kappa shape index (κ2) is 10.1. The summed E-state index contributed by atoms with van der Waals surface area (Å²) in [5.41, 5.74) is 2.00. The molecule has 7 heteroatoms. The molecule has 160 valence electrons. The van der Waals surface area contributed by atoms with Crippen LogP contribution in [0.3, 0.4) is 0 Å². The Kier molecular flexibility index (Phi) is 7.50. The molecule has 3 rings (SSSR count). The van der Waals surface area contributed by atoms with Crippen LogP contribution in [0.5, 0.6) is 0 Å². The summed E-state index contributed by atoms with van der Waals surface area (Å²) >= 11 is 0. The predicted octanol–water partition coefficient (Wildman–Crippen LogP) is 1.76. The lowest BCUT2D eigenvalue weighted by Gasteiger charge is -2.33. The first-order chi connectivity index (χ1) is 13.9. The molecular formula is C22H35N5O2. The first kappa shape index (κ1) is 21.6. The predicted molar refractivity (Wildman–Crippen MR) is 117 cm³/mol. The molecule has 0 atom stereocenters. The quantitative estimate of drug-likeness (QED) is 0.660. The summed E-state index contributed by atoms with van der Waals surface area (Å²) < 4.78 is 0. The standard InChI is InChI=1S/C22H35N5O2/c1-4-27(17(2)3)20-9-7-19(8-10-20)24-22(29)16-26-13-11-25(12-14-26)15-21(28)23-18-5-6-18/h7-10,17-18H,4-6,11-16H2,1-3H3,(H,23,28)(H,24,29). The Hall–Kier alpha value is -2.12. The number of carbonyl (C=O) groups is 2. The van der Waals surface area contributed by atoms with Gasteiger partial charge in [0.25, 0.3) is 0 Å². The Morgan fingerprint density at radius 3 is 2.03 bits per heavy atom. The van der Waals surface area contributed by atoms with Crippen LogP contribution in [-0.2, 0) is 9.59 Å². The van der Waals surface area contributed by atoms with Gasteiger partial charge in [-0.3, -0.25) is 19.4 Å². The van der Waals surface area contributed by atoms with E-state index < -0.39 is 0 Å². The van der Waals surface area contributed by atoms with E-state index in [2.05, 4.69) is 58.2 Å². The summed E-state index contributed by atoms with van der Waals surface area (Å²) in [7, 11) is 0. The molecule has 0 bridgehead atoms. The maximum atomic E-state index is 12.4. The first-order valence-corrected chi connectivity index (χ1v) is 10.8. The lowest BCUT2D eigenvalue weighted by Crippen LogP contribution is -2.51. The SMILES string of the molecule is CCN(c1ccc(NC(=O)CN2CCN(CC(=O)NC3CC3)CC2)cc1)C(C)C. The molecule has 0 aromatic heterocycles.